The van der Waals surface area contributed by atoms with E-state index in [-0.39, 0.29) is 0 Å². The predicted molar refractivity (Wildman–Crippen MR) is 79.9 cm³/mol. The van der Waals surface area contributed by atoms with Crippen molar-refractivity contribution >= 4 is 5.69 Å². The maximum atomic E-state index is 2.50. The van der Waals surface area contributed by atoms with Crippen molar-refractivity contribution in [2.24, 2.45) is 0 Å². The molecule has 0 N–H and O–H groups in total. The summed E-state index contributed by atoms with van der Waals surface area (Å²) in [4.78, 5) is 2.50. The fraction of sp³-hybridized carbons (Fsp3) is 0.625. The van der Waals surface area contributed by atoms with Crippen LogP contribution in [0.15, 0.2) is 24.3 Å². The number of anilines is 1. The molecule has 0 radical (unpaired) electrons. The SMILES string of the molecule is CC.CCCN(c1ccc(C)cc1)C(C)CC. The number of benzene rings is 1. The smallest absolute Gasteiger partial charge is 0.0368 e. The third kappa shape index (κ3) is 5.25. The van der Waals surface area contributed by atoms with Crippen molar-refractivity contribution in [2.45, 2.75) is 60.4 Å². The summed E-state index contributed by atoms with van der Waals surface area (Å²) < 4.78 is 0. The molecule has 1 aromatic carbocycles. The van der Waals surface area contributed by atoms with Crippen molar-refractivity contribution < 1.29 is 0 Å². The lowest BCUT2D eigenvalue weighted by Gasteiger charge is -2.30. The van der Waals surface area contributed by atoms with Gasteiger partial charge in [0.15, 0.2) is 0 Å². The van der Waals surface area contributed by atoms with E-state index >= 15 is 0 Å². The van der Waals surface area contributed by atoms with Crippen LogP contribution in [0.25, 0.3) is 0 Å². The van der Waals surface area contributed by atoms with Gasteiger partial charge in [-0.3, -0.25) is 0 Å². The number of aryl methyl sites for hydroxylation is 1. The molecule has 0 spiro atoms. The second kappa shape index (κ2) is 9.09. The van der Waals surface area contributed by atoms with Gasteiger partial charge in [0.05, 0.1) is 0 Å². The highest BCUT2D eigenvalue weighted by atomic mass is 15.1. The van der Waals surface area contributed by atoms with Crippen molar-refractivity contribution in [3.05, 3.63) is 29.8 Å². The van der Waals surface area contributed by atoms with Gasteiger partial charge in [0, 0.05) is 18.3 Å². The molecule has 1 heteroatoms. The van der Waals surface area contributed by atoms with E-state index in [1.165, 1.54) is 24.1 Å². The first kappa shape index (κ1) is 16.0. The van der Waals surface area contributed by atoms with Crippen molar-refractivity contribution in [3.63, 3.8) is 0 Å². The van der Waals surface area contributed by atoms with Crippen LogP contribution in [0.3, 0.4) is 0 Å². The van der Waals surface area contributed by atoms with E-state index in [4.69, 9.17) is 0 Å². The Balaban J connectivity index is 0.00000121. The van der Waals surface area contributed by atoms with Crippen LogP contribution < -0.4 is 4.90 Å². The molecule has 1 aromatic rings. The first-order valence-electron chi connectivity index (χ1n) is 7.02. The summed E-state index contributed by atoms with van der Waals surface area (Å²) in [7, 11) is 0. The topological polar surface area (TPSA) is 3.24 Å². The average Bonchev–Trinajstić information content (AvgIpc) is 2.39. The van der Waals surface area contributed by atoms with E-state index in [2.05, 4.69) is 56.9 Å². The van der Waals surface area contributed by atoms with Gasteiger partial charge in [-0.2, -0.15) is 0 Å². The Morgan fingerprint density at radius 1 is 1.06 bits per heavy atom. The van der Waals surface area contributed by atoms with Gasteiger partial charge in [-0.05, 0) is 38.8 Å². The molecule has 0 aliphatic rings. The zero-order valence-corrected chi connectivity index (χ0v) is 12.5. The first-order valence-corrected chi connectivity index (χ1v) is 7.02. The van der Waals surface area contributed by atoms with Gasteiger partial charge in [0.2, 0.25) is 0 Å². The zero-order chi connectivity index (χ0) is 13.3. The first-order chi connectivity index (χ1) is 8.19. The van der Waals surface area contributed by atoms with Crippen LogP contribution in [-0.4, -0.2) is 12.6 Å². The highest BCUT2D eigenvalue weighted by Gasteiger charge is 2.11. The lowest BCUT2D eigenvalue weighted by atomic mass is 10.1. The van der Waals surface area contributed by atoms with Crippen molar-refractivity contribution in [3.8, 4) is 0 Å². The lowest BCUT2D eigenvalue weighted by Crippen LogP contribution is -2.33. The monoisotopic (exact) mass is 235 g/mol. The Bertz CT molecular complexity index is 276. The van der Waals surface area contributed by atoms with E-state index in [1.54, 1.807) is 0 Å². The molecule has 0 fully saturated rings. The quantitative estimate of drug-likeness (QED) is 0.691. The lowest BCUT2D eigenvalue weighted by molar-refractivity contribution is 0.610. The Morgan fingerprint density at radius 2 is 1.59 bits per heavy atom. The number of hydrogen-bond donors (Lipinski definition) is 0. The standard InChI is InChI=1S/C14H23N.C2H6/c1-5-11-15(13(4)6-2)14-9-7-12(3)8-10-14;1-2/h7-10,13H,5-6,11H2,1-4H3;1-2H3. The van der Waals surface area contributed by atoms with Gasteiger partial charge in [-0.25, -0.2) is 0 Å². The number of rotatable bonds is 5. The number of hydrogen-bond acceptors (Lipinski definition) is 1. The molecule has 0 aromatic heterocycles. The van der Waals surface area contributed by atoms with Gasteiger partial charge in [-0.15, -0.1) is 0 Å². The molecule has 0 saturated carbocycles. The van der Waals surface area contributed by atoms with Crippen LogP contribution in [0.2, 0.25) is 0 Å². The summed E-state index contributed by atoms with van der Waals surface area (Å²) >= 11 is 0. The van der Waals surface area contributed by atoms with E-state index < -0.39 is 0 Å². The van der Waals surface area contributed by atoms with Crippen molar-refractivity contribution in [1.29, 1.82) is 0 Å². The third-order valence-electron chi connectivity index (χ3n) is 2.95. The molecule has 1 nitrogen and oxygen atoms in total. The van der Waals surface area contributed by atoms with E-state index in [9.17, 15) is 0 Å². The van der Waals surface area contributed by atoms with Crippen molar-refractivity contribution in [1.82, 2.24) is 0 Å². The highest BCUT2D eigenvalue weighted by Crippen LogP contribution is 2.19. The molecule has 1 unspecified atom stereocenters. The van der Waals surface area contributed by atoms with Gasteiger partial charge in [0.1, 0.15) is 0 Å². The summed E-state index contributed by atoms with van der Waals surface area (Å²) in [5.74, 6) is 0. The fourth-order valence-electron chi connectivity index (χ4n) is 1.80. The molecule has 0 heterocycles. The predicted octanol–water partition coefficient (Wildman–Crippen LogP) is 5.04. The van der Waals surface area contributed by atoms with Crippen molar-refractivity contribution in [2.75, 3.05) is 11.4 Å². The molecular weight excluding hydrogens is 206 g/mol. The molecule has 0 aliphatic carbocycles. The highest BCUT2D eigenvalue weighted by molar-refractivity contribution is 5.48. The largest absolute Gasteiger partial charge is 0.369 e. The molecule has 0 aliphatic heterocycles. The second-order valence-electron chi connectivity index (χ2n) is 4.29. The Morgan fingerprint density at radius 3 is 2.00 bits per heavy atom. The number of nitrogens with zero attached hydrogens (tertiary/aromatic N) is 1. The minimum absolute atomic E-state index is 0.632. The molecule has 0 saturated heterocycles. The van der Waals surface area contributed by atoms with E-state index in [0.717, 1.165) is 6.54 Å². The second-order valence-corrected chi connectivity index (χ2v) is 4.29. The molecule has 1 atom stereocenters. The van der Waals surface area contributed by atoms with Crippen LogP contribution >= 0.6 is 0 Å². The summed E-state index contributed by atoms with van der Waals surface area (Å²) in [5, 5.41) is 0. The summed E-state index contributed by atoms with van der Waals surface area (Å²) in [6, 6.07) is 9.49. The van der Waals surface area contributed by atoms with Crippen LogP contribution in [-0.2, 0) is 0 Å². The van der Waals surface area contributed by atoms with Gasteiger partial charge < -0.3 is 4.90 Å². The maximum Gasteiger partial charge on any atom is 0.0368 e. The van der Waals surface area contributed by atoms with Crippen LogP contribution in [0, 0.1) is 6.92 Å². The normalized spacial score (nSPS) is 11.4. The summed E-state index contributed by atoms with van der Waals surface area (Å²) in [5.41, 5.74) is 2.69. The van der Waals surface area contributed by atoms with Gasteiger partial charge >= 0.3 is 0 Å². The Kier molecular flexibility index (Phi) is 8.57. The Hall–Kier alpha value is -0.980. The maximum absolute atomic E-state index is 2.50. The third-order valence-corrected chi connectivity index (χ3v) is 2.95. The molecule has 0 bridgehead atoms. The molecule has 1 rings (SSSR count). The van der Waals surface area contributed by atoms with Gasteiger partial charge in [0.25, 0.3) is 0 Å². The summed E-state index contributed by atoms with van der Waals surface area (Å²) in [6.45, 7) is 14.1. The molecule has 17 heavy (non-hydrogen) atoms. The molecule has 0 amide bonds. The van der Waals surface area contributed by atoms with E-state index in [1.807, 2.05) is 13.8 Å². The van der Waals surface area contributed by atoms with E-state index in [0.29, 0.717) is 6.04 Å². The van der Waals surface area contributed by atoms with Crippen LogP contribution in [0.4, 0.5) is 5.69 Å². The zero-order valence-electron chi connectivity index (χ0n) is 12.5. The minimum Gasteiger partial charge on any atom is -0.369 e. The molecule has 98 valence electrons. The minimum atomic E-state index is 0.632. The van der Waals surface area contributed by atoms with Gasteiger partial charge in [-0.1, -0.05) is 45.4 Å². The summed E-state index contributed by atoms with van der Waals surface area (Å²) in [6.07, 6.45) is 2.41. The van der Waals surface area contributed by atoms with Crippen LogP contribution in [0.5, 0.6) is 0 Å². The Labute approximate surface area is 108 Å². The fourth-order valence-corrected chi connectivity index (χ4v) is 1.80. The van der Waals surface area contributed by atoms with Crippen LogP contribution in [0.1, 0.15) is 53.0 Å². The average molecular weight is 235 g/mol. The molecular formula is C16H29N.